The van der Waals surface area contributed by atoms with Crippen LogP contribution in [0.2, 0.25) is 0 Å². The second-order valence-corrected chi connectivity index (χ2v) is 6.02. The van der Waals surface area contributed by atoms with Crippen LogP contribution >= 0.6 is 0 Å². The predicted molar refractivity (Wildman–Crippen MR) is 79.9 cm³/mol. The Labute approximate surface area is 113 Å². The number of hydrogen-bond donors (Lipinski definition) is 0. The van der Waals surface area contributed by atoms with Crippen LogP contribution in [0.25, 0.3) is 0 Å². The average molecular weight is 248 g/mol. The lowest BCUT2D eigenvalue weighted by Gasteiger charge is -2.42. The highest BCUT2D eigenvalue weighted by atomic mass is 15.2. The molecule has 0 aliphatic carbocycles. The maximum absolute atomic E-state index is 2.57. The van der Waals surface area contributed by atoms with Crippen LogP contribution in [0.3, 0.4) is 0 Å². The molecule has 102 valence electrons. The minimum atomic E-state index is 0.0748. The van der Waals surface area contributed by atoms with Crippen LogP contribution < -0.4 is 0 Å². The molecular weight excluding hydrogens is 220 g/mol. The van der Waals surface area contributed by atoms with E-state index in [4.69, 9.17) is 0 Å². The van der Waals surface area contributed by atoms with Crippen molar-refractivity contribution < 1.29 is 0 Å². The van der Waals surface area contributed by atoms with Crippen molar-refractivity contribution in [2.45, 2.75) is 39.3 Å². The Kier molecular flexibility index (Phi) is 5.36. The van der Waals surface area contributed by atoms with Crippen molar-refractivity contribution in [3.8, 4) is 0 Å². The van der Waals surface area contributed by atoms with Crippen LogP contribution in [-0.4, -0.2) is 43.0 Å². The van der Waals surface area contributed by atoms with Crippen molar-refractivity contribution in [1.82, 2.24) is 9.80 Å². The quantitative estimate of drug-likeness (QED) is 0.763. The van der Waals surface area contributed by atoms with Gasteiger partial charge in [-0.1, -0.05) is 30.3 Å². The van der Waals surface area contributed by atoms with Crippen LogP contribution in [0.5, 0.6) is 0 Å². The molecule has 0 spiro atoms. The molecule has 0 bridgehead atoms. The number of benzene rings is 1. The van der Waals surface area contributed by atoms with Crippen molar-refractivity contribution in [2.75, 3.05) is 27.2 Å². The van der Waals surface area contributed by atoms with E-state index in [0.717, 1.165) is 13.1 Å². The highest BCUT2D eigenvalue weighted by Gasteiger charge is 2.30. The lowest BCUT2D eigenvalue weighted by atomic mass is 9.91. The molecule has 18 heavy (non-hydrogen) atoms. The topological polar surface area (TPSA) is 6.48 Å². The monoisotopic (exact) mass is 248 g/mol. The van der Waals surface area contributed by atoms with Gasteiger partial charge in [-0.25, -0.2) is 0 Å². The minimum Gasteiger partial charge on any atom is -0.308 e. The summed E-state index contributed by atoms with van der Waals surface area (Å²) in [6, 6.07) is 11.3. The number of nitrogens with zero attached hydrogens (tertiary/aromatic N) is 2. The van der Waals surface area contributed by atoms with E-state index in [0.29, 0.717) is 6.04 Å². The Morgan fingerprint density at radius 1 is 1.00 bits per heavy atom. The van der Waals surface area contributed by atoms with Gasteiger partial charge < -0.3 is 4.90 Å². The Morgan fingerprint density at radius 2 is 1.56 bits per heavy atom. The van der Waals surface area contributed by atoms with E-state index < -0.39 is 0 Å². The van der Waals surface area contributed by atoms with E-state index in [9.17, 15) is 0 Å². The molecule has 2 nitrogen and oxygen atoms in total. The Bertz CT molecular complexity index is 341. The molecule has 1 aromatic rings. The van der Waals surface area contributed by atoms with Crippen molar-refractivity contribution >= 4 is 0 Å². The smallest absolute Gasteiger partial charge is 0.0407 e. The molecule has 1 aromatic carbocycles. The van der Waals surface area contributed by atoms with Gasteiger partial charge in [0, 0.05) is 24.7 Å². The lowest BCUT2D eigenvalue weighted by Crippen LogP contribution is -2.48. The highest BCUT2D eigenvalue weighted by Crippen LogP contribution is 2.29. The molecule has 0 fully saturated rings. The standard InChI is InChI=1S/C16H28N2/c1-14(2)18(13-12-17(5)6)16(3,4)15-10-8-7-9-11-15/h7-11,14H,12-13H2,1-6H3. The molecule has 0 aliphatic rings. The third kappa shape index (κ3) is 3.82. The summed E-state index contributed by atoms with van der Waals surface area (Å²) in [7, 11) is 4.27. The molecule has 0 saturated heterocycles. The van der Waals surface area contributed by atoms with Crippen molar-refractivity contribution in [3.63, 3.8) is 0 Å². The molecule has 0 aromatic heterocycles. The van der Waals surface area contributed by atoms with Crippen molar-refractivity contribution in [2.24, 2.45) is 0 Å². The number of likely N-dealkylation sites (N-methyl/N-ethyl adjacent to an activating group) is 1. The van der Waals surface area contributed by atoms with E-state index in [-0.39, 0.29) is 5.54 Å². The van der Waals surface area contributed by atoms with Gasteiger partial charge in [-0.05, 0) is 47.4 Å². The van der Waals surface area contributed by atoms with Crippen LogP contribution in [0.1, 0.15) is 33.3 Å². The molecular formula is C16H28N2. The molecule has 0 heterocycles. The third-order valence-electron chi connectivity index (χ3n) is 3.61. The second-order valence-electron chi connectivity index (χ2n) is 6.02. The van der Waals surface area contributed by atoms with Crippen molar-refractivity contribution in [3.05, 3.63) is 35.9 Å². The summed E-state index contributed by atoms with van der Waals surface area (Å²) < 4.78 is 0. The number of rotatable bonds is 6. The molecule has 2 heteroatoms. The summed E-state index contributed by atoms with van der Waals surface area (Å²) in [6.07, 6.45) is 0. The van der Waals surface area contributed by atoms with Crippen LogP contribution in [-0.2, 0) is 5.54 Å². The molecule has 1 rings (SSSR count). The van der Waals surface area contributed by atoms with E-state index >= 15 is 0 Å². The fraction of sp³-hybridized carbons (Fsp3) is 0.625. The molecule has 0 atom stereocenters. The van der Waals surface area contributed by atoms with Gasteiger partial charge in [-0.3, -0.25) is 4.90 Å². The third-order valence-corrected chi connectivity index (χ3v) is 3.61. The first-order valence-corrected chi connectivity index (χ1v) is 6.82. The van der Waals surface area contributed by atoms with Gasteiger partial charge in [-0.15, -0.1) is 0 Å². The SMILES string of the molecule is CC(C)N(CCN(C)C)C(C)(C)c1ccccc1. The maximum Gasteiger partial charge on any atom is 0.0407 e. The fourth-order valence-electron chi connectivity index (χ4n) is 2.50. The molecule has 0 unspecified atom stereocenters. The van der Waals surface area contributed by atoms with Gasteiger partial charge in [0.25, 0.3) is 0 Å². The summed E-state index contributed by atoms with van der Waals surface area (Å²) in [5, 5.41) is 0. The predicted octanol–water partition coefficient (Wildman–Crippen LogP) is 3.19. The average Bonchev–Trinajstić information content (AvgIpc) is 2.29. The van der Waals surface area contributed by atoms with Crippen LogP contribution in [0.4, 0.5) is 0 Å². The van der Waals surface area contributed by atoms with E-state index in [1.807, 2.05) is 0 Å². The van der Waals surface area contributed by atoms with Crippen molar-refractivity contribution in [1.29, 1.82) is 0 Å². The van der Waals surface area contributed by atoms with E-state index in [1.54, 1.807) is 0 Å². The van der Waals surface area contributed by atoms with E-state index in [2.05, 4.69) is 81.9 Å². The van der Waals surface area contributed by atoms with Gasteiger partial charge in [-0.2, -0.15) is 0 Å². The summed E-state index contributed by atoms with van der Waals surface area (Å²) >= 11 is 0. The van der Waals surface area contributed by atoms with Crippen LogP contribution in [0, 0.1) is 0 Å². The second kappa shape index (κ2) is 6.35. The normalized spacial score (nSPS) is 12.7. The molecule has 0 radical (unpaired) electrons. The zero-order chi connectivity index (χ0) is 13.8. The van der Waals surface area contributed by atoms with Gasteiger partial charge in [0.05, 0.1) is 0 Å². The summed E-state index contributed by atoms with van der Waals surface area (Å²) in [4.78, 5) is 4.82. The first-order chi connectivity index (χ1) is 8.35. The Morgan fingerprint density at radius 3 is 2.00 bits per heavy atom. The lowest BCUT2D eigenvalue weighted by molar-refractivity contribution is 0.0745. The zero-order valence-electron chi connectivity index (χ0n) is 12.8. The summed E-state index contributed by atoms with van der Waals surface area (Å²) in [5.41, 5.74) is 1.46. The molecule has 0 aliphatic heterocycles. The fourth-order valence-corrected chi connectivity index (χ4v) is 2.50. The highest BCUT2D eigenvalue weighted by molar-refractivity contribution is 5.23. The maximum atomic E-state index is 2.57. The first-order valence-electron chi connectivity index (χ1n) is 6.82. The Hall–Kier alpha value is -0.860. The Balaban J connectivity index is 2.90. The molecule has 0 amide bonds. The van der Waals surface area contributed by atoms with Gasteiger partial charge >= 0.3 is 0 Å². The summed E-state index contributed by atoms with van der Waals surface area (Å²) in [5.74, 6) is 0. The first kappa shape index (κ1) is 15.2. The molecule has 0 N–H and O–H groups in total. The zero-order valence-corrected chi connectivity index (χ0v) is 12.8. The summed E-state index contributed by atoms with van der Waals surface area (Å²) in [6.45, 7) is 11.4. The largest absolute Gasteiger partial charge is 0.308 e. The minimum absolute atomic E-state index is 0.0748. The van der Waals surface area contributed by atoms with Gasteiger partial charge in [0.2, 0.25) is 0 Å². The van der Waals surface area contributed by atoms with Gasteiger partial charge in [0.15, 0.2) is 0 Å². The number of hydrogen-bond acceptors (Lipinski definition) is 2. The van der Waals surface area contributed by atoms with E-state index in [1.165, 1.54) is 5.56 Å². The van der Waals surface area contributed by atoms with Gasteiger partial charge in [0.1, 0.15) is 0 Å². The van der Waals surface area contributed by atoms with Crippen LogP contribution in [0.15, 0.2) is 30.3 Å². The molecule has 0 saturated carbocycles.